The maximum atomic E-state index is 12.9. The summed E-state index contributed by atoms with van der Waals surface area (Å²) < 4.78 is 30.6. The molecular weight excluding hydrogens is 176 g/mol. The molecule has 0 aliphatic rings. The average Bonchev–Trinajstić information content (AvgIpc) is 2.05. The smallest absolute Gasteiger partial charge is 0.283 e. The van der Waals surface area contributed by atoms with E-state index in [-0.39, 0.29) is 6.54 Å². The second-order valence-corrected chi connectivity index (χ2v) is 3.09. The molecule has 0 saturated heterocycles. The number of halogens is 2. The standard InChI is InChI=1S/C9H19F2NO/c1-3-5-12-7-9(10,11)8-13-6-4-2/h12H,3-8H2,1-2H3. The van der Waals surface area contributed by atoms with Crippen molar-refractivity contribution >= 4 is 0 Å². The van der Waals surface area contributed by atoms with Crippen LogP contribution in [0.25, 0.3) is 0 Å². The van der Waals surface area contributed by atoms with Crippen molar-refractivity contribution < 1.29 is 13.5 Å². The lowest BCUT2D eigenvalue weighted by molar-refractivity contribution is -0.0743. The van der Waals surface area contributed by atoms with E-state index in [1.54, 1.807) is 0 Å². The maximum absolute atomic E-state index is 12.9. The van der Waals surface area contributed by atoms with Crippen molar-refractivity contribution in [3.8, 4) is 0 Å². The zero-order chi connectivity index (χ0) is 10.2. The Bertz CT molecular complexity index is 108. The average molecular weight is 195 g/mol. The minimum absolute atomic E-state index is 0.287. The van der Waals surface area contributed by atoms with Gasteiger partial charge < -0.3 is 10.1 Å². The summed E-state index contributed by atoms with van der Waals surface area (Å²) in [4.78, 5) is 0. The van der Waals surface area contributed by atoms with Gasteiger partial charge in [-0.3, -0.25) is 0 Å². The number of ether oxygens (including phenoxy) is 1. The van der Waals surface area contributed by atoms with Crippen molar-refractivity contribution in [1.29, 1.82) is 0 Å². The summed E-state index contributed by atoms with van der Waals surface area (Å²) in [5.41, 5.74) is 0. The lowest BCUT2D eigenvalue weighted by Gasteiger charge is -2.16. The number of alkyl halides is 2. The van der Waals surface area contributed by atoms with Crippen LogP contribution in [0.4, 0.5) is 8.78 Å². The molecule has 0 aromatic heterocycles. The van der Waals surface area contributed by atoms with Gasteiger partial charge in [0.2, 0.25) is 0 Å². The summed E-state index contributed by atoms with van der Waals surface area (Å²) in [6.07, 6.45) is 1.64. The Balaban J connectivity index is 3.42. The van der Waals surface area contributed by atoms with E-state index < -0.39 is 12.5 Å². The quantitative estimate of drug-likeness (QED) is 0.598. The molecular formula is C9H19F2NO. The molecule has 0 heterocycles. The second kappa shape index (κ2) is 7.21. The van der Waals surface area contributed by atoms with Crippen LogP contribution in [-0.4, -0.2) is 32.2 Å². The van der Waals surface area contributed by atoms with E-state index in [1.165, 1.54) is 0 Å². The summed E-state index contributed by atoms with van der Waals surface area (Å²) in [5.74, 6) is -2.73. The zero-order valence-electron chi connectivity index (χ0n) is 8.41. The first-order chi connectivity index (χ1) is 6.12. The zero-order valence-corrected chi connectivity index (χ0v) is 8.41. The van der Waals surface area contributed by atoms with Crippen LogP contribution >= 0.6 is 0 Å². The molecule has 0 aliphatic heterocycles. The van der Waals surface area contributed by atoms with Gasteiger partial charge in [0.1, 0.15) is 6.61 Å². The van der Waals surface area contributed by atoms with Crippen LogP contribution < -0.4 is 5.32 Å². The predicted octanol–water partition coefficient (Wildman–Crippen LogP) is 2.05. The first kappa shape index (κ1) is 12.8. The predicted molar refractivity (Wildman–Crippen MR) is 49.2 cm³/mol. The summed E-state index contributed by atoms with van der Waals surface area (Å²) in [5, 5.41) is 2.67. The summed E-state index contributed by atoms with van der Waals surface area (Å²) in [6, 6.07) is 0. The van der Waals surface area contributed by atoms with Gasteiger partial charge in [-0.15, -0.1) is 0 Å². The fourth-order valence-electron chi connectivity index (χ4n) is 0.865. The maximum Gasteiger partial charge on any atom is 0.283 e. The van der Waals surface area contributed by atoms with Crippen LogP contribution in [0.1, 0.15) is 26.7 Å². The molecule has 0 aromatic carbocycles. The molecule has 13 heavy (non-hydrogen) atoms. The molecule has 1 N–H and O–H groups in total. The minimum Gasteiger partial charge on any atom is -0.375 e. The Morgan fingerprint density at radius 2 is 1.92 bits per heavy atom. The third kappa shape index (κ3) is 8.12. The van der Waals surface area contributed by atoms with Gasteiger partial charge in [0, 0.05) is 6.61 Å². The molecule has 4 heteroatoms. The monoisotopic (exact) mass is 195 g/mol. The van der Waals surface area contributed by atoms with Crippen molar-refractivity contribution in [3.05, 3.63) is 0 Å². The van der Waals surface area contributed by atoms with Crippen LogP contribution in [0.2, 0.25) is 0 Å². The molecule has 0 radical (unpaired) electrons. The molecule has 0 aliphatic carbocycles. The summed E-state index contributed by atoms with van der Waals surface area (Å²) >= 11 is 0. The van der Waals surface area contributed by atoms with Crippen LogP contribution in [0.3, 0.4) is 0 Å². The van der Waals surface area contributed by atoms with Gasteiger partial charge in [-0.05, 0) is 19.4 Å². The Labute approximate surface area is 78.7 Å². The first-order valence-electron chi connectivity index (χ1n) is 4.78. The Morgan fingerprint density at radius 3 is 2.46 bits per heavy atom. The number of hydrogen-bond acceptors (Lipinski definition) is 2. The second-order valence-electron chi connectivity index (χ2n) is 3.09. The van der Waals surface area contributed by atoms with Gasteiger partial charge in [-0.1, -0.05) is 13.8 Å². The normalized spacial score (nSPS) is 12.0. The topological polar surface area (TPSA) is 21.3 Å². The number of rotatable bonds is 8. The highest BCUT2D eigenvalue weighted by molar-refractivity contribution is 4.68. The molecule has 0 spiro atoms. The highest BCUT2D eigenvalue weighted by Gasteiger charge is 2.28. The molecule has 0 atom stereocenters. The summed E-state index contributed by atoms with van der Waals surface area (Å²) in [6.45, 7) is 4.11. The van der Waals surface area contributed by atoms with Crippen LogP contribution in [0.5, 0.6) is 0 Å². The molecule has 0 unspecified atom stereocenters. The first-order valence-corrected chi connectivity index (χ1v) is 4.78. The molecule has 0 bridgehead atoms. The lowest BCUT2D eigenvalue weighted by atomic mass is 10.3. The van der Waals surface area contributed by atoms with Crippen molar-refractivity contribution in [1.82, 2.24) is 5.32 Å². The fraction of sp³-hybridized carbons (Fsp3) is 1.00. The van der Waals surface area contributed by atoms with Crippen molar-refractivity contribution in [3.63, 3.8) is 0 Å². The van der Waals surface area contributed by atoms with Gasteiger partial charge in [0.15, 0.2) is 0 Å². The summed E-state index contributed by atoms with van der Waals surface area (Å²) in [7, 11) is 0. The van der Waals surface area contributed by atoms with Crippen molar-refractivity contribution in [2.75, 3.05) is 26.3 Å². The van der Waals surface area contributed by atoms with Gasteiger partial charge in [0.05, 0.1) is 6.54 Å². The van der Waals surface area contributed by atoms with Crippen LogP contribution in [-0.2, 0) is 4.74 Å². The van der Waals surface area contributed by atoms with Crippen molar-refractivity contribution in [2.45, 2.75) is 32.6 Å². The molecule has 0 rings (SSSR count). The third-order valence-electron chi connectivity index (χ3n) is 1.47. The molecule has 0 aromatic rings. The fourth-order valence-corrected chi connectivity index (χ4v) is 0.865. The minimum atomic E-state index is -2.73. The van der Waals surface area contributed by atoms with E-state index in [2.05, 4.69) is 5.32 Å². The van der Waals surface area contributed by atoms with Gasteiger partial charge >= 0.3 is 0 Å². The van der Waals surface area contributed by atoms with Crippen LogP contribution in [0, 0.1) is 0 Å². The number of nitrogens with one attached hydrogen (secondary N) is 1. The Morgan fingerprint density at radius 1 is 1.23 bits per heavy atom. The lowest BCUT2D eigenvalue weighted by Crippen LogP contribution is -2.37. The molecule has 80 valence electrons. The van der Waals surface area contributed by atoms with Gasteiger partial charge in [-0.2, -0.15) is 0 Å². The van der Waals surface area contributed by atoms with E-state index in [0.717, 1.165) is 12.8 Å². The Hall–Kier alpha value is -0.220. The van der Waals surface area contributed by atoms with E-state index in [4.69, 9.17) is 4.74 Å². The third-order valence-corrected chi connectivity index (χ3v) is 1.47. The van der Waals surface area contributed by atoms with Crippen molar-refractivity contribution in [2.24, 2.45) is 0 Å². The molecule has 0 fully saturated rings. The molecule has 0 saturated carbocycles. The van der Waals surface area contributed by atoms with E-state index in [1.807, 2.05) is 13.8 Å². The van der Waals surface area contributed by atoms with Gasteiger partial charge in [0.25, 0.3) is 5.92 Å². The van der Waals surface area contributed by atoms with Gasteiger partial charge in [-0.25, -0.2) is 8.78 Å². The van der Waals surface area contributed by atoms with E-state index in [9.17, 15) is 8.78 Å². The largest absolute Gasteiger partial charge is 0.375 e. The highest BCUT2D eigenvalue weighted by Crippen LogP contribution is 2.12. The van der Waals surface area contributed by atoms with E-state index in [0.29, 0.717) is 13.2 Å². The molecule has 0 amide bonds. The number of hydrogen-bond donors (Lipinski definition) is 1. The van der Waals surface area contributed by atoms with Crippen LogP contribution in [0.15, 0.2) is 0 Å². The van der Waals surface area contributed by atoms with E-state index >= 15 is 0 Å². The SMILES string of the molecule is CCCNCC(F)(F)COCCC. The highest BCUT2D eigenvalue weighted by atomic mass is 19.3. The Kier molecular flexibility index (Phi) is 7.09. The molecule has 2 nitrogen and oxygen atoms in total.